The van der Waals surface area contributed by atoms with Gasteiger partial charge in [-0.05, 0) is 50.2 Å². The molecule has 22 heavy (non-hydrogen) atoms. The quantitative estimate of drug-likeness (QED) is 0.841. The molecule has 0 bridgehead atoms. The van der Waals surface area contributed by atoms with Gasteiger partial charge in [0.25, 0.3) is 0 Å². The number of hydrogen-bond donors (Lipinski definition) is 2. The van der Waals surface area contributed by atoms with Crippen LogP contribution in [-0.4, -0.2) is 29.1 Å². The third-order valence-corrected chi connectivity index (χ3v) is 3.49. The van der Waals surface area contributed by atoms with E-state index >= 15 is 0 Å². The minimum atomic E-state index is -0.948. The first-order valence-electron chi connectivity index (χ1n) is 7.06. The number of aromatic nitrogens is 1. The summed E-state index contributed by atoms with van der Waals surface area (Å²) in [5.74, 6) is 0.482. The summed E-state index contributed by atoms with van der Waals surface area (Å²) in [5.41, 5.74) is 0.999. The Balaban J connectivity index is 2.23. The molecule has 1 aromatic heterocycles. The van der Waals surface area contributed by atoms with Crippen LogP contribution in [0.1, 0.15) is 24.2 Å². The van der Waals surface area contributed by atoms with Crippen molar-refractivity contribution in [2.45, 2.75) is 13.8 Å². The maximum Gasteiger partial charge on any atom is 0.335 e. The highest BCUT2D eigenvalue weighted by Crippen LogP contribution is 2.24. The normalized spacial score (nSPS) is 10.3. The van der Waals surface area contributed by atoms with Crippen molar-refractivity contribution in [3.05, 3.63) is 47.0 Å². The van der Waals surface area contributed by atoms with Crippen molar-refractivity contribution in [1.82, 2.24) is 4.98 Å². The molecule has 1 heterocycles. The number of halogens is 1. The van der Waals surface area contributed by atoms with Gasteiger partial charge in [0, 0.05) is 23.8 Å². The van der Waals surface area contributed by atoms with Crippen molar-refractivity contribution in [2.24, 2.45) is 0 Å². The van der Waals surface area contributed by atoms with Gasteiger partial charge in [-0.3, -0.25) is 0 Å². The van der Waals surface area contributed by atoms with Gasteiger partial charge in [-0.2, -0.15) is 0 Å². The zero-order chi connectivity index (χ0) is 16.1. The zero-order valence-electron chi connectivity index (χ0n) is 12.5. The lowest BCUT2D eigenvalue weighted by molar-refractivity contribution is 0.0697. The van der Waals surface area contributed by atoms with E-state index in [1.54, 1.807) is 30.3 Å². The first kappa shape index (κ1) is 16.1. The number of carboxylic acid groups (broad SMARTS) is 1. The fraction of sp³-hybridized carbons (Fsp3) is 0.250. The highest BCUT2D eigenvalue weighted by molar-refractivity contribution is 6.31. The third-order valence-electron chi connectivity index (χ3n) is 3.27. The Hall–Kier alpha value is -2.27. The van der Waals surface area contributed by atoms with Crippen molar-refractivity contribution in [3.63, 3.8) is 0 Å². The molecule has 2 rings (SSSR count). The molecule has 0 saturated carbocycles. The van der Waals surface area contributed by atoms with Gasteiger partial charge >= 0.3 is 5.97 Å². The molecule has 2 N–H and O–H groups in total. The molecule has 0 amide bonds. The van der Waals surface area contributed by atoms with Gasteiger partial charge in [0.2, 0.25) is 0 Å². The van der Waals surface area contributed by atoms with E-state index in [9.17, 15) is 4.79 Å². The van der Waals surface area contributed by atoms with Crippen molar-refractivity contribution in [1.29, 1.82) is 0 Å². The number of benzene rings is 1. The average molecular weight is 320 g/mol. The Morgan fingerprint density at radius 1 is 1.23 bits per heavy atom. The highest BCUT2D eigenvalue weighted by atomic mass is 35.5. The summed E-state index contributed by atoms with van der Waals surface area (Å²) in [4.78, 5) is 17.5. The number of nitrogens with one attached hydrogen (secondary N) is 1. The lowest BCUT2D eigenvalue weighted by Gasteiger charge is -2.20. The summed E-state index contributed by atoms with van der Waals surface area (Å²) in [6.07, 6.45) is 0. The van der Waals surface area contributed by atoms with Crippen molar-refractivity contribution >= 4 is 34.9 Å². The van der Waals surface area contributed by atoms with Crippen molar-refractivity contribution in [2.75, 3.05) is 23.3 Å². The third kappa shape index (κ3) is 3.89. The summed E-state index contributed by atoms with van der Waals surface area (Å²) in [7, 11) is 0. The molecule has 0 aliphatic heterocycles. The highest BCUT2D eigenvalue weighted by Gasteiger charge is 2.08. The van der Waals surface area contributed by atoms with Gasteiger partial charge in [0.1, 0.15) is 11.6 Å². The zero-order valence-corrected chi connectivity index (χ0v) is 13.3. The minimum absolute atomic E-state index is 0.244. The van der Waals surface area contributed by atoms with Crippen LogP contribution in [0.3, 0.4) is 0 Å². The predicted molar refractivity (Wildman–Crippen MR) is 89.5 cm³/mol. The van der Waals surface area contributed by atoms with E-state index in [4.69, 9.17) is 16.7 Å². The molecule has 2 aromatic rings. The van der Waals surface area contributed by atoms with E-state index < -0.39 is 5.97 Å². The molecule has 0 atom stereocenters. The number of anilines is 3. The fourth-order valence-electron chi connectivity index (χ4n) is 2.10. The van der Waals surface area contributed by atoms with Crippen molar-refractivity contribution in [3.8, 4) is 0 Å². The monoisotopic (exact) mass is 319 g/mol. The summed E-state index contributed by atoms with van der Waals surface area (Å²) >= 11 is 6.16. The van der Waals surface area contributed by atoms with Crippen LogP contribution in [0.25, 0.3) is 0 Å². The van der Waals surface area contributed by atoms with Gasteiger partial charge in [-0.25, -0.2) is 9.78 Å². The molecule has 0 aliphatic rings. The maximum atomic E-state index is 10.8. The Labute approximate surface area is 134 Å². The molecule has 0 unspecified atom stereocenters. The molecule has 0 radical (unpaired) electrons. The smallest absolute Gasteiger partial charge is 0.335 e. The molecule has 6 heteroatoms. The topological polar surface area (TPSA) is 65.5 Å². The van der Waals surface area contributed by atoms with Crippen LogP contribution in [0.5, 0.6) is 0 Å². The summed E-state index contributed by atoms with van der Waals surface area (Å²) in [6.45, 7) is 5.81. The van der Waals surface area contributed by atoms with Crippen LogP contribution in [-0.2, 0) is 0 Å². The second-order valence-electron chi connectivity index (χ2n) is 4.71. The molecule has 0 fully saturated rings. The number of nitrogens with zero attached hydrogens (tertiary/aromatic N) is 2. The molecule has 0 aliphatic carbocycles. The number of carbonyl (C=O) groups is 1. The molecule has 0 spiro atoms. The lowest BCUT2D eigenvalue weighted by Crippen LogP contribution is -2.23. The maximum absolute atomic E-state index is 10.8. The van der Waals surface area contributed by atoms with Gasteiger partial charge in [0.15, 0.2) is 0 Å². The van der Waals surface area contributed by atoms with Crippen LogP contribution in [0.15, 0.2) is 36.4 Å². The standard InChI is InChI=1S/C16H18ClN3O2/c1-3-20(4-2)15-10-12(17)9-14(19-15)18-13-7-5-11(6-8-13)16(21)22/h5-10H,3-4H2,1-2H3,(H,18,19)(H,21,22). The summed E-state index contributed by atoms with van der Waals surface area (Å²) in [6, 6.07) is 10.0. The average Bonchev–Trinajstić information content (AvgIpc) is 2.48. The number of aromatic carboxylic acids is 1. The van der Waals surface area contributed by atoms with Gasteiger partial charge in [-0.1, -0.05) is 11.6 Å². The van der Waals surface area contributed by atoms with Crippen LogP contribution >= 0.6 is 11.6 Å². The van der Waals surface area contributed by atoms with Crippen LogP contribution < -0.4 is 10.2 Å². The Kier molecular flexibility index (Phi) is 5.22. The lowest BCUT2D eigenvalue weighted by atomic mass is 10.2. The first-order chi connectivity index (χ1) is 10.5. The number of pyridine rings is 1. The van der Waals surface area contributed by atoms with Gasteiger partial charge < -0.3 is 15.3 Å². The van der Waals surface area contributed by atoms with E-state index in [0.717, 1.165) is 24.6 Å². The van der Waals surface area contributed by atoms with Crippen LogP contribution in [0.2, 0.25) is 5.02 Å². The van der Waals surface area contributed by atoms with E-state index in [-0.39, 0.29) is 5.56 Å². The van der Waals surface area contributed by atoms with E-state index in [1.807, 2.05) is 6.07 Å². The summed E-state index contributed by atoms with van der Waals surface area (Å²) < 4.78 is 0. The predicted octanol–water partition coefficient (Wildman–Crippen LogP) is 4.02. The Bertz CT molecular complexity index is 655. The Morgan fingerprint density at radius 3 is 2.41 bits per heavy atom. The van der Waals surface area contributed by atoms with E-state index in [0.29, 0.717) is 10.8 Å². The van der Waals surface area contributed by atoms with Gasteiger partial charge in [0.05, 0.1) is 5.56 Å². The van der Waals surface area contributed by atoms with Crippen molar-refractivity contribution < 1.29 is 9.90 Å². The largest absolute Gasteiger partial charge is 0.478 e. The minimum Gasteiger partial charge on any atom is -0.478 e. The second kappa shape index (κ2) is 7.13. The second-order valence-corrected chi connectivity index (χ2v) is 5.15. The number of hydrogen-bond acceptors (Lipinski definition) is 4. The first-order valence-corrected chi connectivity index (χ1v) is 7.44. The van der Waals surface area contributed by atoms with Crippen LogP contribution in [0, 0.1) is 0 Å². The summed E-state index contributed by atoms with van der Waals surface area (Å²) in [5, 5.41) is 12.6. The molecule has 116 valence electrons. The van der Waals surface area contributed by atoms with E-state index in [2.05, 4.69) is 29.0 Å². The Morgan fingerprint density at radius 2 is 1.86 bits per heavy atom. The molecule has 0 saturated heterocycles. The molecule has 1 aromatic carbocycles. The molecular weight excluding hydrogens is 302 g/mol. The number of rotatable bonds is 6. The fourth-order valence-corrected chi connectivity index (χ4v) is 2.30. The SMILES string of the molecule is CCN(CC)c1cc(Cl)cc(Nc2ccc(C(=O)O)cc2)n1. The molecule has 5 nitrogen and oxygen atoms in total. The number of carboxylic acids is 1. The van der Waals surface area contributed by atoms with Crippen LogP contribution in [0.4, 0.5) is 17.3 Å². The van der Waals surface area contributed by atoms with E-state index in [1.165, 1.54) is 0 Å². The van der Waals surface area contributed by atoms with Gasteiger partial charge in [-0.15, -0.1) is 0 Å². The molecular formula is C16H18ClN3O2.